The summed E-state index contributed by atoms with van der Waals surface area (Å²) in [5.41, 5.74) is 0.0489. The summed E-state index contributed by atoms with van der Waals surface area (Å²) in [7, 11) is 0. The Morgan fingerprint density at radius 1 is 1.29 bits per heavy atom. The Kier molecular flexibility index (Phi) is 3.42. The number of hydrogen-bond acceptors (Lipinski definition) is 3. The molecular weight excluding hydrogens is 178 g/mol. The predicted octanol–water partition coefficient (Wildman–Crippen LogP) is 1.67. The molecule has 2 saturated heterocycles. The second-order valence-electron chi connectivity index (χ2n) is 4.61. The van der Waals surface area contributed by atoms with E-state index in [1.807, 2.05) is 0 Å². The fourth-order valence-electron chi connectivity index (χ4n) is 2.19. The Hall–Kier alpha value is -0.120. The largest absolute Gasteiger partial charge is 0.353 e. The van der Waals surface area contributed by atoms with Crippen LogP contribution in [0.5, 0.6) is 0 Å². The quantitative estimate of drug-likeness (QED) is 0.734. The maximum Gasteiger partial charge on any atom is 0.158 e. The van der Waals surface area contributed by atoms with Gasteiger partial charge in [0.25, 0.3) is 0 Å². The summed E-state index contributed by atoms with van der Waals surface area (Å²) in [6.45, 7) is 5.23. The van der Waals surface area contributed by atoms with E-state index in [0.717, 1.165) is 39.0 Å². The molecule has 1 N–H and O–H groups in total. The van der Waals surface area contributed by atoms with Crippen molar-refractivity contribution in [3.63, 3.8) is 0 Å². The zero-order chi connectivity index (χ0) is 9.86. The first-order valence-corrected chi connectivity index (χ1v) is 5.79. The third-order valence-electron chi connectivity index (χ3n) is 3.22. The molecule has 82 valence electrons. The average molecular weight is 199 g/mol. The van der Waals surface area contributed by atoms with Crippen LogP contribution in [0.15, 0.2) is 0 Å². The number of hydrogen-bond donors (Lipinski definition) is 1. The molecule has 0 aromatic rings. The molecule has 1 atom stereocenters. The van der Waals surface area contributed by atoms with Crippen molar-refractivity contribution in [2.24, 2.45) is 0 Å². The third-order valence-corrected chi connectivity index (χ3v) is 3.22. The van der Waals surface area contributed by atoms with E-state index in [-0.39, 0.29) is 11.9 Å². The van der Waals surface area contributed by atoms with E-state index in [9.17, 15) is 0 Å². The van der Waals surface area contributed by atoms with Crippen LogP contribution in [0.1, 0.15) is 39.0 Å². The van der Waals surface area contributed by atoms with Crippen LogP contribution in [-0.2, 0) is 9.47 Å². The Labute approximate surface area is 86.2 Å². The summed E-state index contributed by atoms with van der Waals surface area (Å²) in [5.74, 6) is 0. The summed E-state index contributed by atoms with van der Waals surface area (Å²) < 4.78 is 11.7. The van der Waals surface area contributed by atoms with Gasteiger partial charge in [-0.15, -0.1) is 0 Å². The molecule has 2 rings (SSSR count). The fourth-order valence-corrected chi connectivity index (χ4v) is 2.19. The lowest BCUT2D eigenvalue weighted by molar-refractivity contribution is -0.225. The highest BCUT2D eigenvalue weighted by atomic mass is 16.7. The maximum atomic E-state index is 6.06. The van der Waals surface area contributed by atoms with Crippen molar-refractivity contribution in [1.29, 1.82) is 0 Å². The second kappa shape index (κ2) is 4.60. The average Bonchev–Trinajstić information content (AvgIpc) is 2.19. The molecule has 0 amide bonds. The molecule has 0 aromatic heterocycles. The van der Waals surface area contributed by atoms with Gasteiger partial charge < -0.3 is 14.8 Å². The lowest BCUT2D eigenvalue weighted by atomic mass is 9.94. The van der Waals surface area contributed by atoms with Gasteiger partial charge in [0.05, 0.1) is 5.60 Å². The van der Waals surface area contributed by atoms with E-state index in [2.05, 4.69) is 12.2 Å². The van der Waals surface area contributed by atoms with Crippen LogP contribution < -0.4 is 5.32 Å². The molecular formula is C11H21NO2. The molecule has 2 fully saturated rings. The SMILES string of the molecule is CC1(OC2CCCCO2)CCNCC1. The molecule has 0 radical (unpaired) electrons. The van der Waals surface area contributed by atoms with Crippen molar-refractivity contribution in [3.05, 3.63) is 0 Å². The Morgan fingerprint density at radius 2 is 2.07 bits per heavy atom. The Bertz CT molecular complexity index is 172. The normalized spacial score (nSPS) is 32.8. The van der Waals surface area contributed by atoms with E-state index in [4.69, 9.17) is 9.47 Å². The molecule has 1 unspecified atom stereocenters. The van der Waals surface area contributed by atoms with Crippen LogP contribution in [0.2, 0.25) is 0 Å². The second-order valence-corrected chi connectivity index (χ2v) is 4.61. The first-order valence-electron chi connectivity index (χ1n) is 5.79. The minimum atomic E-state index is 0.0489. The maximum absolute atomic E-state index is 6.06. The van der Waals surface area contributed by atoms with Crippen molar-refractivity contribution in [3.8, 4) is 0 Å². The summed E-state index contributed by atoms with van der Waals surface area (Å²) in [6, 6.07) is 0. The highest BCUT2D eigenvalue weighted by molar-refractivity contribution is 4.82. The molecule has 14 heavy (non-hydrogen) atoms. The molecule has 2 heterocycles. The summed E-state index contributed by atoms with van der Waals surface area (Å²) in [4.78, 5) is 0. The van der Waals surface area contributed by atoms with Gasteiger partial charge in [0.15, 0.2) is 6.29 Å². The van der Waals surface area contributed by atoms with Gasteiger partial charge in [-0.2, -0.15) is 0 Å². The van der Waals surface area contributed by atoms with Gasteiger partial charge in [0.1, 0.15) is 0 Å². The van der Waals surface area contributed by atoms with Crippen molar-refractivity contribution >= 4 is 0 Å². The molecule has 0 aliphatic carbocycles. The van der Waals surface area contributed by atoms with Crippen LogP contribution in [-0.4, -0.2) is 31.6 Å². The van der Waals surface area contributed by atoms with E-state index in [1.165, 1.54) is 12.8 Å². The number of rotatable bonds is 2. The highest BCUT2D eigenvalue weighted by Crippen LogP contribution is 2.27. The summed E-state index contributed by atoms with van der Waals surface area (Å²) in [6.07, 6.45) is 5.78. The molecule has 0 saturated carbocycles. The topological polar surface area (TPSA) is 30.5 Å². The minimum Gasteiger partial charge on any atom is -0.353 e. The minimum absolute atomic E-state index is 0.0489. The molecule has 0 aromatic carbocycles. The van der Waals surface area contributed by atoms with Gasteiger partial charge in [-0.3, -0.25) is 0 Å². The lowest BCUT2D eigenvalue weighted by Gasteiger charge is -2.38. The van der Waals surface area contributed by atoms with Crippen LogP contribution in [0.3, 0.4) is 0 Å². The Morgan fingerprint density at radius 3 is 2.71 bits per heavy atom. The molecule has 0 spiro atoms. The fraction of sp³-hybridized carbons (Fsp3) is 1.00. The van der Waals surface area contributed by atoms with Gasteiger partial charge in [-0.1, -0.05) is 0 Å². The molecule has 2 aliphatic heterocycles. The first-order chi connectivity index (χ1) is 6.79. The zero-order valence-electron chi connectivity index (χ0n) is 9.05. The molecule has 2 aliphatic rings. The van der Waals surface area contributed by atoms with E-state index < -0.39 is 0 Å². The predicted molar refractivity (Wildman–Crippen MR) is 55.2 cm³/mol. The van der Waals surface area contributed by atoms with Crippen molar-refractivity contribution in [2.45, 2.75) is 50.9 Å². The van der Waals surface area contributed by atoms with E-state index in [1.54, 1.807) is 0 Å². The van der Waals surface area contributed by atoms with E-state index >= 15 is 0 Å². The van der Waals surface area contributed by atoms with E-state index in [0.29, 0.717) is 0 Å². The smallest absolute Gasteiger partial charge is 0.158 e. The van der Waals surface area contributed by atoms with Crippen molar-refractivity contribution in [1.82, 2.24) is 5.32 Å². The van der Waals surface area contributed by atoms with Crippen molar-refractivity contribution < 1.29 is 9.47 Å². The first kappa shape index (κ1) is 10.4. The van der Waals surface area contributed by atoms with Gasteiger partial charge >= 0.3 is 0 Å². The molecule has 0 bridgehead atoms. The summed E-state index contributed by atoms with van der Waals surface area (Å²) in [5, 5.41) is 3.36. The number of piperidine rings is 1. The van der Waals surface area contributed by atoms with Gasteiger partial charge in [0, 0.05) is 6.61 Å². The van der Waals surface area contributed by atoms with Crippen LogP contribution in [0, 0.1) is 0 Å². The Balaban J connectivity index is 1.81. The summed E-state index contributed by atoms with van der Waals surface area (Å²) >= 11 is 0. The van der Waals surface area contributed by atoms with Gasteiger partial charge in [0.2, 0.25) is 0 Å². The third kappa shape index (κ3) is 2.69. The molecule has 3 heteroatoms. The monoisotopic (exact) mass is 199 g/mol. The lowest BCUT2D eigenvalue weighted by Crippen LogP contribution is -2.44. The standard InChI is InChI=1S/C11H21NO2/c1-11(5-7-12-8-6-11)14-10-4-2-3-9-13-10/h10,12H,2-9H2,1H3. The zero-order valence-corrected chi connectivity index (χ0v) is 9.05. The van der Waals surface area contributed by atoms with Gasteiger partial charge in [-0.05, 0) is 52.1 Å². The highest BCUT2D eigenvalue weighted by Gasteiger charge is 2.31. The molecule has 3 nitrogen and oxygen atoms in total. The number of ether oxygens (including phenoxy) is 2. The van der Waals surface area contributed by atoms with Crippen molar-refractivity contribution in [2.75, 3.05) is 19.7 Å². The van der Waals surface area contributed by atoms with Crippen LogP contribution in [0.25, 0.3) is 0 Å². The van der Waals surface area contributed by atoms with Gasteiger partial charge in [-0.25, -0.2) is 0 Å². The van der Waals surface area contributed by atoms with Crippen LogP contribution >= 0.6 is 0 Å². The van der Waals surface area contributed by atoms with Crippen LogP contribution in [0.4, 0.5) is 0 Å². The number of nitrogens with one attached hydrogen (secondary N) is 1.